The van der Waals surface area contributed by atoms with Gasteiger partial charge in [-0.1, -0.05) is 35.9 Å². The van der Waals surface area contributed by atoms with Gasteiger partial charge in [0.05, 0.1) is 0 Å². The van der Waals surface area contributed by atoms with Gasteiger partial charge in [0.15, 0.2) is 0 Å². The third-order valence-corrected chi connectivity index (χ3v) is 3.86. The zero-order chi connectivity index (χ0) is 16.8. The summed E-state index contributed by atoms with van der Waals surface area (Å²) in [6.07, 6.45) is 3.28. The van der Waals surface area contributed by atoms with E-state index >= 15 is 0 Å². The lowest BCUT2D eigenvalue weighted by Gasteiger charge is -2.06. The number of hydrogen-bond acceptors (Lipinski definition) is 5. The van der Waals surface area contributed by atoms with E-state index in [0.717, 1.165) is 5.57 Å². The summed E-state index contributed by atoms with van der Waals surface area (Å²) >= 11 is 0. The Labute approximate surface area is 135 Å². The second kappa shape index (κ2) is 7.74. The van der Waals surface area contributed by atoms with Gasteiger partial charge < -0.3 is 5.11 Å². The van der Waals surface area contributed by atoms with Crippen LogP contribution in [0.1, 0.15) is 31.4 Å². The first-order chi connectivity index (χ1) is 11.0. The van der Waals surface area contributed by atoms with Gasteiger partial charge in [-0.2, -0.15) is 0 Å². The molecule has 0 radical (unpaired) electrons. The smallest absolute Gasteiger partial charge is 0.382 e. The van der Waals surface area contributed by atoms with Crippen molar-refractivity contribution in [2.45, 2.75) is 33.1 Å². The Hall–Kier alpha value is -2.40. The van der Waals surface area contributed by atoms with E-state index in [1.165, 1.54) is 24.1 Å². The largest absolute Gasteiger partial charge is 0.396 e. The number of benzene rings is 1. The number of aliphatic hydroxyl groups is 1. The number of rotatable bonds is 4. The number of hydrogen-bond donors (Lipinski definition) is 1. The summed E-state index contributed by atoms with van der Waals surface area (Å²) in [4.78, 5) is 32.8. The summed E-state index contributed by atoms with van der Waals surface area (Å²) in [6.45, 7) is 3.15. The van der Waals surface area contributed by atoms with Gasteiger partial charge in [0, 0.05) is 17.8 Å². The Kier molecular flexibility index (Phi) is 5.71. The van der Waals surface area contributed by atoms with Gasteiger partial charge in [-0.15, -0.1) is 0 Å². The normalized spacial score (nSPS) is 13.5. The van der Waals surface area contributed by atoms with Crippen molar-refractivity contribution >= 4 is 11.9 Å². The molecule has 2 rings (SSSR count). The SMILES string of the molecule is CC(C(=O)OOC(=O)/C(C)=C/CCO)=C1Cc2ccccc2C1. The van der Waals surface area contributed by atoms with E-state index < -0.39 is 11.9 Å². The maximum absolute atomic E-state index is 12.0. The van der Waals surface area contributed by atoms with Crippen LogP contribution in [0.5, 0.6) is 0 Å². The summed E-state index contributed by atoms with van der Waals surface area (Å²) in [5, 5.41) is 8.70. The van der Waals surface area contributed by atoms with Gasteiger partial charge in [-0.3, -0.25) is 0 Å². The van der Waals surface area contributed by atoms with Gasteiger partial charge in [-0.25, -0.2) is 19.4 Å². The molecule has 0 fully saturated rings. The lowest BCUT2D eigenvalue weighted by Crippen LogP contribution is -2.14. The second-order valence-electron chi connectivity index (χ2n) is 5.49. The van der Waals surface area contributed by atoms with Crippen LogP contribution in [0, 0.1) is 0 Å². The fourth-order valence-electron chi connectivity index (χ4n) is 2.40. The Morgan fingerprint density at radius 2 is 1.65 bits per heavy atom. The van der Waals surface area contributed by atoms with Gasteiger partial charge in [-0.05, 0) is 44.2 Å². The summed E-state index contributed by atoms with van der Waals surface area (Å²) in [6, 6.07) is 8.02. The molecule has 0 bridgehead atoms. The van der Waals surface area contributed by atoms with Crippen molar-refractivity contribution in [3.63, 3.8) is 0 Å². The van der Waals surface area contributed by atoms with Crippen LogP contribution in [0.4, 0.5) is 0 Å². The number of fused-ring (bicyclic) bond motifs is 1. The molecule has 0 unspecified atom stereocenters. The molecule has 122 valence electrons. The quantitative estimate of drug-likeness (QED) is 0.525. The van der Waals surface area contributed by atoms with E-state index in [9.17, 15) is 9.59 Å². The van der Waals surface area contributed by atoms with Crippen LogP contribution < -0.4 is 0 Å². The summed E-state index contributed by atoms with van der Waals surface area (Å²) in [7, 11) is 0. The van der Waals surface area contributed by atoms with E-state index in [1.54, 1.807) is 6.92 Å². The third-order valence-electron chi connectivity index (χ3n) is 3.86. The molecule has 1 aromatic rings. The van der Waals surface area contributed by atoms with E-state index in [0.29, 0.717) is 24.8 Å². The molecule has 23 heavy (non-hydrogen) atoms. The highest BCUT2D eigenvalue weighted by Gasteiger charge is 2.22. The van der Waals surface area contributed by atoms with Crippen LogP contribution in [0.25, 0.3) is 0 Å². The van der Waals surface area contributed by atoms with Gasteiger partial charge in [0.1, 0.15) is 0 Å². The molecular weight excluding hydrogens is 296 g/mol. The maximum Gasteiger partial charge on any atom is 0.382 e. The molecule has 5 nitrogen and oxygen atoms in total. The molecule has 5 heteroatoms. The van der Waals surface area contributed by atoms with E-state index in [-0.39, 0.29) is 12.2 Å². The predicted octanol–water partition coefficient (Wildman–Crippen LogP) is 2.43. The molecule has 0 aromatic heterocycles. The van der Waals surface area contributed by atoms with Crippen LogP contribution in [-0.2, 0) is 32.2 Å². The lowest BCUT2D eigenvalue weighted by atomic mass is 10.1. The molecule has 0 aliphatic heterocycles. The van der Waals surface area contributed by atoms with Crippen molar-refractivity contribution in [3.05, 3.63) is 58.2 Å². The highest BCUT2D eigenvalue weighted by Crippen LogP contribution is 2.28. The molecule has 0 saturated heterocycles. The summed E-state index contributed by atoms with van der Waals surface area (Å²) in [5.41, 5.74) is 4.13. The molecule has 1 aromatic carbocycles. The van der Waals surface area contributed by atoms with Gasteiger partial charge in [0.25, 0.3) is 0 Å². The minimum Gasteiger partial charge on any atom is -0.396 e. The van der Waals surface area contributed by atoms with Crippen LogP contribution in [-0.4, -0.2) is 23.7 Å². The molecule has 1 N–H and O–H groups in total. The fraction of sp³-hybridized carbons (Fsp3) is 0.333. The molecule has 0 atom stereocenters. The Morgan fingerprint density at radius 3 is 2.22 bits per heavy atom. The second-order valence-corrected chi connectivity index (χ2v) is 5.49. The molecule has 0 amide bonds. The van der Waals surface area contributed by atoms with Crippen molar-refractivity contribution < 1.29 is 24.5 Å². The van der Waals surface area contributed by atoms with Crippen molar-refractivity contribution in [2.75, 3.05) is 6.61 Å². The first kappa shape index (κ1) is 17.0. The average Bonchev–Trinajstić information content (AvgIpc) is 3.00. The fourth-order valence-corrected chi connectivity index (χ4v) is 2.40. The molecule has 1 aliphatic rings. The molecule has 0 heterocycles. The monoisotopic (exact) mass is 316 g/mol. The molecule has 1 aliphatic carbocycles. The highest BCUT2D eigenvalue weighted by molar-refractivity contribution is 5.91. The van der Waals surface area contributed by atoms with Crippen LogP contribution in [0.15, 0.2) is 47.1 Å². The van der Waals surface area contributed by atoms with Crippen molar-refractivity contribution in [2.24, 2.45) is 0 Å². The van der Waals surface area contributed by atoms with E-state index in [2.05, 4.69) is 9.78 Å². The van der Waals surface area contributed by atoms with Crippen molar-refractivity contribution in [1.29, 1.82) is 0 Å². The van der Waals surface area contributed by atoms with E-state index in [4.69, 9.17) is 5.11 Å². The maximum atomic E-state index is 12.0. The third kappa shape index (κ3) is 4.29. The van der Waals surface area contributed by atoms with Crippen LogP contribution >= 0.6 is 0 Å². The number of carbonyl (C=O) groups excluding carboxylic acids is 2. The Bertz CT molecular complexity index is 643. The van der Waals surface area contributed by atoms with Gasteiger partial charge >= 0.3 is 11.9 Å². The van der Waals surface area contributed by atoms with Crippen molar-refractivity contribution in [1.82, 2.24) is 0 Å². The average molecular weight is 316 g/mol. The lowest BCUT2D eigenvalue weighted by molar-refractivity contribution is -0.252. The molecule has 0 spiro atoms. The molecule has 0 saturated carbocycles. The van der Waals surface area contributed by atoms with E-state index in [1.807, 2.05) is 24.3 Å². The Balaban J connectivity index is 1.94. The zero-order valence-electron chi connectivity index (χ0n) is 13.3. The topological polar surface area (TPSA) is 72.8 Å². The zero-order valence-corrected chi connectivity index (χ0v) is 13.3. The summed E-state index contributed by atoms with van der Waals surface area (Å²) in [5.74, 6) is -1.39. The van der Waals surface area contributed by atoms with Crippen molar-refractivity contribution in [3.8, 4) is 0 Å². The minimum atomic E-state index is -0.737. The number of aliphatic hydroxyl groups excluding tert-OH is 1. The first-order valence-corrected chi connectivity index (χ1v) is 7.49. The number of allylic oxidation sites excluding steroid dienone is 1. The highest BCUT2D eigenvalue weighted by atomic mass is 17.2. The predicted molar refractivity (Wildman–Crippen MR) is 84.2 cm³/mol. The van der Waals surface area contributed by atoms with Crippen LogP contribution in [0.2, 0.25) is 0 Å². The standard InChI is InChI=1S/C18H20O5/c1-12(6-5-9-19)17(20)22-23-18(21)13(2)16-10-14-7-3-4-8-15(14)11-16/h3-4,6-8,19H,5,9-11H2,1-2H3/b12-6+. The first-order valence-electron chi connectivity index (χ1n) is 7.49. The van der Waals surface area contributed by atoms with Crippen LogP contribution in [0.3, 0.4) is 0 Å². The number of carbonyl (C=O) groups is 2. The minimum absolute atomic E-state index is 0.0594. The summed E-state index contributed by atoms with van der Waals surface area (Å²) < 4.78 is 0. The van der Waals surface area contributed by atoms with Gasteiger partial charge in [0.2, 0.25) is 0 Å². The molecular formula is C18H20O5. The Morgan fingerprint density at radius 1 is 1.09 bits per heavy atom.